The second kappa shape index (κ2) is 41.5. The highest BCUT2D eigenvalue weighted by molar-refractivity contribution is 5.79. The maximum atomic E-state index is 11.2. The van der Waals surface area contributed by atoms with E-state index < -0.39 is 5.97 Å². The van der Waals surface area contributed by atoms with Crippen molar-refractivity contribution < 1.29 is 48.0 Å². The molecule has 0 heterocycles. The maximum Gasteiger partial charge on any atom is 0.303 e. The molecular formula is C32H63N3O10. The van der Waals surface area contributed by atoms with Gasteiger partial charge in [0, 0.05) is 38.8 Å². The Morgan fingerprint density at radius 2 is 1.24 bits per heavy atom. The van der Waals surface area contributed by atoms with Crippen LogP contribution < -0.4 is 16.4 Å². The number of ether oxygens (including phenoxy) is 4. The van der Waals surface area contributed by atoms with Crippen LogP contribution in [-0.2, 0) is 42.9 Å². The average molecular weight is 650 g/mol. The molecule has 45 heavy (non-hydrogen) atoms. The van der Waals surface area contributed by atoms with E-state index in [2.05, 4.69) is 17.6 Å². The summed E-state index contributed by atoms with van der Waals surface area (Å²) in [5.74, 6) is -1.11. The summed E-state index contributed by atoms with van der Waals surface area (Å²) in [7, 11) is 1.87. The highest BCUT2D eigenvalue weighted by Crippen LogP contribution is 2.10. The molecule has 13 heteroatoms. The van der Waals surface area contributed by atoms with Crippen LogP contribution in [0.2, 0.25) is 0 Å². The van der Waals surface area contributed by atoms with E-state index in [9.17, 15) is 24.0 Å². The van der Waals surface area contributed by atoms with Gasteiger partial charge in [0.25, 0.3) is 0 Å². The lowest BCUT2D eigenvalue weighted by Crippen LogP contribution is -2.27. The zero-order chi connectivity index (χ0) is 34.2. The number of carbonyl (C=O) groups is 5. The molecule has 0 saturated heterocycles. The summed E-state index contributed by atoms with van der Waals surface area (Å²) < 4.78 is 20.2. The Morgan fingerprint density at radius 1 is 0.689 bits per heavy atom. The Hall–Kier alpha value is -2.45. The van der Waals surface area contributed by atoms with Crippen LogP contribution in [0.15, 0.2) is 0 Å². The van der Waals surface area contributed by atoms with Crippen molar-refractivity contribution in [2.24, 2.45) is 5.73 Å². The molecule has 0 aliphatic carbocycles. The number of amides is 2. The number of unbranched alkanes of at least 4 members (excludes halogenated alkanes) is 8. The van der Waals surface area contributed by atoms with Gasteiger partial charge < -0.3 is 45.2 Å². The van der Waals surface area contributed by atoms with Crippen molar-refractivity contribution in [3.8, 4) is 0 Å². The highest BCUT2D eigenvalue weighted by Gasteiger charge is 2.03. The molecule has 2 amide bonds. The van der Waals surface area contributed by atoms with Crippen LogP contribution in [0.5, 0.6) is 0 Å². The lowest BCUT2D eigenvalue weighted by molar-refractivity contribution is -0.137. The van der Waals surface area contributed by atoms with Gasteiger partial charge in [-0.15, -0.1) is 0 Å². The molecule has 13 nitrogen and oxygen atoms in total. The molecular weight excluding hydrogens is 586 g/mol. The minimum atomic E-state index is -0.901. The Labute approximate surface area is 271 Å². The van der Waals surface area contributed by atoms with Crippen LogP contribution in [0.25, 0.3) is 0 Å². The lowest BCUT2D eigenvalue weighted by atomic mass is 10.1. The summed E-state index contributed by atoms with van der Waals surface area (Å²) in [5.41, 5.74) is 5.05. The molecule has 0 aliphatic heterocycles. The number of aldehydes is 1. The summed E-state index contributed by atoms with van der Waals surface area (Å²) in [6.45, 7) is 8.35. The fraction of sp³-hybridized carbons (Fsp3) is 0.844. The molecule has 0 bridgehead atoms. The van der Waals surface area contributed by atoms with E-state index in [0.717, 1.165) is 19.4 Å². The van der Waals surface area contributed by atoms with E-state index in [0.29, 0.717) is 71.7 Å². The maximum absolute atomic E-state index is 11.2. The second-order valence-electron chi connectivity index (χ2n) is 10.2. The van der Waals surface area contributed by atoms with E-state index in [-0.39, 0.29) is 43.7 Å². The van der Waals surface area contributed by atoms with Crippen molar-refractivity contribution in [2.45, 2.75) is 104 Å². The molecule has 0 unspecified atom stereocenters. The van der Waals surface area contributed by atoms with Crippen molar-refractivity contribution in [1.82, 2.24) is 10.6 Å². The predicted molar refractivity (Wildman–Crippen MR) is 174 cm³/mol. The topological polar surface area (TPSA) is 193 Å². The molecule has 0 aromatic carbocycles. The average Bonchev–Trinajstić information content (AvgIpc) is 3.01. The van der Waals surface area contributed by atoms with Crippen LogP contribution in [0, 0.1) is 0 Å². The first kappa shape index (κ1) is 47.0. The van der Waals surface area contributed by atoms with Gasteiger partial charge in [0.05, 0.1) is 39.6 Å². The third-order valence-electron chi connectivity index (χ3n) is 5.97. The number of hydrogen-bond acceptors (Lipinski definition) is 10. The van der Waals surface area contributed by atoms with Crippen LogP contribution in [0.1, 0.15) is 104 Å². The second-order valence-corrected chi connectivity index (χ2v) is 10.2. The van der Waals surface area contributed by atoms with E-state index in [4.69, 9.17) is 29.8 Å². The Balaban J connectivity index is -0.000000598. The van der Waals surface area contributed by atoms with Crippen LogP contribution >= 0.6 is 0 Å². The number of rotatable bonds is 31. The largest absolute Gasteiger partial charge is 0.481 e. The van der Waals surface area contributed by atoms with Gasteiger partial charge in [-0.1, -0.05) is 65.2 Å². The quantitative estimate of drug-likeness (QED) is 0.0637. The number of carboxylic acid groups (broad SMARTS) is 1. The normalized spacial score (nSPS) is 10.2. The van der Waals surface area contributed by atoms with Crippen LogP contribution in [-0.4, -0.2) is 108 Å². The van der Waals surface area contributed by atoms with E-state index >= 15 is 0 Å². The van der Waals surface area contributed by atoms with E-state index in [1.807, 2.05) is 14.0 Å². The summed E-state index contributed by atoms with van der Waals surface area (Å²) in [4.78, 5) is 52.5. The minimum absolute atomic E-state index is 0.00199. The first-order valence-corrected chi connectivity index (χ1v) is 16.4. The fourth-order valence-corrected chi connectivity index (χ4v) is 3.39. The number of carboxylic acids is 1. The van der Waals surface area contributed by atoms with Crippen molar-refractivity contribution in [3.05, 3.63) is 0 Å². The first-order valence-electron chi connectivity index (χ1n) is 16.4. The smallest absolute Gasteiger partial charge is 0.303 e. The van der Waals surface area contributed by atoms with Crippen molar-refractivity contribution in [3.63, 3.8) is 0 Å². The van der Waals surface area contributed by atoms with Gasteiger partial charge in [0.1, 0.15) is 19.5 Å². The number of Topliss-reactive ketones (excluding diaryl/α,β-unsaturated/α-hetero) is 1. The number of hydrogen-bond donors (Lipinski definition) is 4. The predicted octanol–water partition coefficient (Wildman–Crippen LogP) is 3.20. The number of likely N-dealkylation sites (N-methyl/N-ethyl adjacent to an activating group) is 1. The number of ketones is 1. The minimum Gasteiger partial charge on any atom is -0.481 e. The molecule has 5 N–H and O–H groups in total. The molecule has 0 spiro atoms. The summed E-state index contributed by atoms with van der Waals surface area (Å²) in [6.07, 6.45) is 13.9. The summed E-state index contributed by atoms with van der Waals surface area (Å²) in [5, 5.41) is 13.9. The molecule has 0 aromatic heterocycles. The molecule has 0 rings (SSSR count). The van der Waals surface area contributed by atoms with Gasteiger partial charge in [-0.2, -0.15) is 0 Å². The standard InChI is InChI=1S/C12H25NO.C11H19NO6.C9H19NO3/c1-2-3-4-5-6-7-8-9-10-11-12(13)14;13-5-7-18-9-8-17-6-4-12-10(14)2-1-3-11(15)16;1-3-9(11)8-13-7-6-12-5-4-10-2/h2-11H2,1H3,(H2,13,14);5H,1-4,6-9H2,(H,12,14)(H,15,16);10H,3-8H2,1-2H3. The monoisotopic (exact) mass is 649 g/mol. The third-order valence-corrected chi connectivity index (χ3v) is 5.97. The SMILES string of the molecule is CCC(=O)COCCOCCNC.CCCCCCCCCCCC(N)=O.O=CCOCCOCCNC(=O)CCCC(=O)O. The van der Waals surface area contributed by atoms with Gasteiger partial charge in [-0.25, -0.2) is 0 Å². The number of nitrogens with one attached hydrogen (secondary N) is 2. The molecule has 0 radical (unpaired) electrons. The van der Waals surface area contributed by atoms with Crippen molar-refractivity contribution >= 4 is 29.9 Å². The number of nitrogens with two attached hydrogens (primary N) is 1. The summed E-state index contributed by atoms with van der Waals surface area (Å²) in [6, 6.07) is 0. The van der Waals surface area contributed by atoms with E-state index in [1.54, 1.807) is 0 Å². The number of primary amides is 1. The molecule has 0 saturated carbocycles. The Morgan fingerprint density at radius 3 is 1.78 bits per heavy atom. The highest BCUT2D eigenvalue weighted by atomic mass is 16.5. The Kier molecular flexibility index (Phi) is 43.4. The molecule has 0 atom stereocenters. The van der Waals surface area contributed by atoms with Gasteiger partial charge in [0.15, 0.2) is 5.78 Å². The molecule has 266 valence electrons. The lowest BCUT2D eigenvalue weighted by Gasteiger charge is -2.06. The van der Waals surface area contributed by atoms with Gasteiger partial charge in [-0.3, -0.25) is 19.2 Å². The molecule has 0 fully saturated rings. The third kappa shape index (κ3) is 51.4. The van der Waals surface area contributed by atoms with Gasteiger partial charge in [0.2, 0.25) is 11.8 Å². The zero-order valence-electron chi connectivity index (χ0n) is 28.2. The van der Waals surface area contributed by atoms with Crippen LogP contribution in [0.3, 0.4) is 0 Å². The van der Waals surface area contributed by atoms with Crippen LogP contribution in [0.4, 0.5) is 0 Å². The zero-order valence-corrected chi connectivity index (χ0v) is 28.2. The van der Waals surface area contributed by atoms with E-state index in [1.165, 1.54) is 44.9 Å². The number of aliphatic carboxylic acids is 1. The van der Waals surface area contributed by atoms with Crippen molar-refractivity contribution in [1.29, 1.82) is 0 Å². The molecule has 0 aliphatic rings. The van der Waals surface area contributed by atoms with Gasteiger partial charge in [-0.05, 0) is 19.9 Å². The Bertz CT molecular complexity index is 696. The molecule has 0 aromatic rings. The fourth-order valence-electron chi connectivity index (χ4n) is 3.39. The van der Waals surface area contributed by atoms with Crippen molar-refractivity contribution in [2.75, 3.05) is 73.0 Å². The van der Waals surface area contributed by atoms with Gasteiger partial charge >= 0.3 is 5.97 Å². The first-order chi connectivity index (χ1) is 21.7. The number of carbonyl (C=O) groups excluding carboxylic acids is 4. The summed E-state index contributed by atoms with van der Waals surface area (Å²) >= 11 is 0.